The van der Waals surface area contributed by atoms with E-state index in [4.69, 9.17) is 49.7 Å². The van der Waals surface area contributed by atoms with E-state index in [-0.39, 0.29) is 19.5 Å². The second-order valence-electron chi connectivity index (χ2n) is 6.17. The van der Waals surface area contributed by atoms with Crippen LogP contribution >= 0.6 is 24.4 Å². The van der Waals surface area contributed by atoms with Gasteiger partial charge in [-0.1, -0.05) is 8.64 Å². The van der Waals surface area contributed by atoms with E-state index in [9.17, 15) is 0 Å². The Bertz CT molecular complexity index is 323. The summed E-state index contributed by atoms with van der Waals surface area (Å²) in [5.41, 5.74) is 0. The number of thiocarbonyl (C=S) groups is 2. The Morgan fingerprint density at radius 3 is 0.962 bits per heavy atom. The summed E-state index contributed by atoms with van der Waals surface area (Å²) in [6, 6.07) is 0. The zero-order valence-corrected chi connectivity index (χ0v) is 20.3. The molecule has 3 N–H and O–H groups in total. The van der Waals surface area contributed by atoms with Gasteiger partial charge in [0.1, 0.15) is 0 Å². The summed E-state index contributed by atoms with van der Waals surface area (Å²) in [5.74, 6) is 0. The monoisotopic (exact) mass is 523 g/mol. The third-order valence-electron chi connectivity index (χ3n) is 4.16. The van der Waals surface area contributed by atoms with Crippen molar-refractivity contribution in [1.82, 2.24) is 25.8 Å². The fourth-order valence-electron chi connectivity index (χ4n) is 2.70. The minimum absolute atomic E-state index is 0. The molecule has 0 aromatic heterocycles. The first kappa shape index (κ1) is 26.7. The molecule has 0 bridgehead atoms. The molecule has 0 aromatic rings. The summed E-state index contributed by atoms with van der Waals surface area (Å²) in [4.78, 5) is 4.15. The summed E-state index contributed by atoms with van der Waals surface area (Å²) < 4.78 is 1.28. The second-order valence-corrected chi connectivity index (χ2v) is 8.23. The van der Waals surface area contributed by atoms with Gasteiger partial charge in [-0.05, 0) is 25.7 Å². The van der Waals surface area contributed by atoms with Crippen molar-refractivity contribution in [2.75, 3.05) is 65.4 Å². The maximum absolute atomic E-state index is 4.80. The van der Waals surface area contributed by atoms with Crippen molar-refractivity contribution in [2.45, 2.75) is 25.7 Å². The minimum Gasteiger partial charge on any atom is -0.411 e. The molecule has 3 saturated heterocycles. The SMILES string of the molecule is C1CNCCNCCN1.S=C([S-])N1CCCC1.S=C([S-])N1CCCC1.[Ru+3]. The molecule has 26 heavy (non-hydrogen) atoms. The van der Waals surface area contributed by atoms with Crippen LogP contribution in [0.4, 0.5) is 0 Å². The van der Waals surface area contributed by atoms with E-state index in [0.29, 0.717) is 8.64 Å². The maximum Gasteiger partial charge on any atom is 3.00 e. The molecule has 3 aliphatic rings. The zero-order chi connectivity index (χ0) is 18.3. The van der Waals surface area contributed by atoms with E-state index in [2.05, 4.69) is 25.8 Å². The van der Waals surface area contributed by atoms with E-state index < -0.39 is 0 Å². The van der Waals surface area contributed by atoms with Gasteiger partial charge in [-0.3, -0.25) is 0 Å². The van der Waals surface area contributed by atoms with Crippen LogP contribution in [0.5, 0.6) is 0 Å². The predicted octanol–water partition coefficient (Wildman–Crippen LogP) is 0.594. The van der Waals surface area contributed by atoms with Gasteiger partial charge < -0.3 is 75.4 Å². The van der Waals surface area contributed by atoms with Gasteiger partial charge in [0.2, 0.25) is 0 Å². The molecular weight excluding hydrogens is 492 g/mol. The third kappa shape index (κ3) is 13.8. The molecule has 0 atom stereocenters. The van der Waals surface area contributed by atoms with Crippen molar-refractivity contribution in [3.8, 4) is 0 Å². The van der Waals surface area contributed by atoms with Gasteiger partial charge in [0, 0.05) is 65.4 Å². The van der Waals surface area contributed by atoms with Crippen LogP contribution in [0.25, 0.3) is 0 Å². The van der Waals surface area contributed by atoms with E-state index >= 15 is 0 Å². The van der Waals surface area contributed by atoms with Crippen LogP contribution in [0.3, 0.4) is 0 Å². The average molecular weight is 523 g/mol. The molecule has 10 heteroatoms. The summed E-state index contributed by atoms with van der Waals surface area (Å²) in [5, 5.41) is 9.91. The van der Waals surface area contributed by atoms with Crippen molar-refractivity contribution in [3.63, 3.8) is 0 Å². The van der Waals surface area contributed by atoms with Crippen LogP contribution in [0, 0.1) is 0 Å². The molecule has 0 aromatic carbocycles. The number of rotatable bonds is 0. The van der Waals surface area contributed by atoms with Crippen LogP contribution < -0.4 is 16.0 Å². The number of hydrogen-bond acceptors (Lipinski definition) is 7. The fourth-order valence-corrected chi connectivity index (χ4v) is 3.44. The smallest absolute Gasteiger partial charge is 0.411 e. The molecule has 151 valence electrons. The Morgan fingerprint density at radius 2 is 0.808 bits per heavy atom. The Labute approximate surface area is 193 Å². The first-order valence-electron chi connectivity index (χ1n) is 9.15. The summed E-state index contributed by atoms with van der Waals surface area (Å²) >= 11 is 19.2. The second kappa shape index (κ2) is 17.8. The van der Waals surface area contributed by atoms with Crippen molar-refractivity contribution in [3.05, 3.63) is 0 Å². The van der Waals surface area contributed by atoms with Gasteiger partial charge in [-0.15, -0.1) is 0 Å². The van der Waals surface area contributed by atoms with Crippen LogP contribution in [0.1, 0.15) is 25.7 Å². The van der Waals surface area contributed by atoms with Crippen LogP contribution in [0.2, 0.25) is 0 Å². The van der Waals surface area contributed by atoms with Gasteiger partial charge in [0.05, 0.1) is 0 Å². The quantitative estimate of drug-likeness (QED) is 0.241. The van der Waals surface area contributed by atoms with Gasteiger partial charge in [-0.2, -0.15) is 0 Å². The summed E-state index contributed by atoms with van der Waals surface area (Å²) in [6.45, 7) is 10.9. The topological polar surface area (TPSA) is 42.6 Å². The molecule has 3 aliphatic heterocycles. The molecule has 0 unspecified atom stereocenters. The number of hydrogen-bond donors (Lipinski definition) is 3. The first-order chi connectivity index (χ1) is 12.1. The van der Waals surface area contributed by atoms with Crippen molar-refractivity contribution in [2.24, 2.45) is 0 Å². The van der Waals surface area contributed by atoms with Crippen molar-refractivity contribution < 1.29 is 19.5 Å². The van der Waals surface area contributed by atoms with Crippen LogP contribution in [-0.2, 0) is 44.7 Å². The molecule has 0 amide bonds. The molecule has 5 nitrogen and oxygen atoms in total. The minimum atomic E-state index is 0. The predicted molar refractivity (Wildman–Crippen MR) is 120 cm³/mol. The van der Waals surface area contributed by atoms with E-state index in [1.54, 1.807) is 0 Å². The standard InChI is InChI=1S/C6H15N3.2C5H9NS2.Ru/c1-2-8-5-6-9-4-3-7-1;2*7-5(8)6-3-1-2-4-6;/h7-9H,1-6H2;2*1-4H2,(H,7,8);/q;;;+3/p-2. The van der Waals surface area contributed by atoms with Crippen LogP contribution in [0.15, 0.2) is 0 Å². The molecule has 0 aliphatic carbocycles. The maximum atomic E-state index is 4.80. The largest absolute Gasteiger partial charge is 3.00 e. The Morgan fingerprint density at radius 1 is 0.577 bits per heavy atom. The number of nitrogens with one attached hydrogen (secondary N) is 3. The summed E-state index contributed by atoms with van der Waals surface area (Å²) in [6.07, 6.45) is 5.04. The Hall–Kier alpha value is 0.723. The third-order valence-corrected chi connectivity index (χ3v) is 5.20. The van der Waals surface area contributed by atoms with E-state index in [1.165, 1.54) is 25.7 Å². The van der Waals surface area contributed by atoms with Gasteiger partial charge in [0.15, 0.2) is 0 Å². The Kier molecular flexibility index (Phi) is 18.3. The van der Waals surface area contributed by atoms with Crippen molar-refractivity contribution >= 4 is 58.3 Å². The molecule has 0 saturated carbocycles. The zero-order valence-electron chi connectivity index (χ0n) is 15.3. The molecule has 0 spiro atoms. The Balaban J connectivity index is 0.000000355. The first-order valence-corrected chi connectivity index (χ1v) is 10.8. The molecule has 3 rings (SSSR count). The van der Waals surface area contributed by atoms with E-state index in [1.807, 2.05) is 0 Å². The van der Waals surface area contributed by atoms with Gasteiger partial charge in [0.25, 0.3) is 0 Å². The average Bonchev–Trinajstić information content (AvgIpc) is 3.30. The number of nitrogens with zero attached hydrogens (tertiary/aromatic N) is 2. The molecule has 3 heterocycles. The fraction of sp³-hybridized carbons (Fsp3) is 0.875. The number of likely N-dealkylation sites (tertiary alicyclic amines) is 2. The molecule has 3 fully saturated rings. The van der Waals surface area contributed by atoms with Gasteiger partial charge >= 0.3 is 19.5 Å². The van der Waals surface area contributed by atoms with Crippen LogP contribution in [-0.4, -0.2) is 83.9 Å². The summed E-state index contributed by atoms with van der Waals surface area (Å²) in [7, 11) is 0. The molecular formula is C16H31N5RuS4+. The van der Waals surface area contributed by atoms with Crippen molar-refractivity contribution in [1.29, 1.82) is 0 Å². The normalized spacial score (nSPS) is 20.2. The van der Waals surface area contributed by atoms with Gasteiger partial charge in [-0.25, -0.2) is 0 Å². The van der Waals surface area contributed by atoms with E-state index in [0.717, 1.165) is 65.4 Å². The molecule has 1 radical (unpaired) electrons.